The molecule has 0 heterocycles. The van der Waals surface area contributed by atoms with E-state index in [4.69, 9.17) is 0 Å². The molecule has 1 aliphatic carbocycles. The first kappa shape index (κ1) is 16.5. The summed E-state index contributed by atoms with van der Waals surface area (Å²) in [5, 5.41) is 0. The fourth-order valence-electron chi connectivity index (χ4n) is 2.11. The average Bonchev–Trinajstić information content (AvgIpc) is 2.41. The van der Waals surface area contributed by atoms with E-state index in [9.17, 15) is 19.2 Å². The lowest BCUT2D eigenvalue weighted by molar-refractivity contribution is -0.125. The van der Waals surface area contributed by atoms with Crippen molar-refractivity contribution in [1.82, 2.24) is 0 Å². The van der Waals surface area contributed by atoms with Crippen LogP contribution in [0.3, 0.4) is 0 Å². The molecule has 20 heavy (non-hydrogen) atoms. The van der Waals surface area contributed by atoms with Gasteiger partial charge in [-0.3, -0.25) is 19.2 Å². The molecule has 0 spiro atoms. The van der Waals surface area contributed by atoms with Gasteiger partial charge in [0.2, 0.25) is 0 Å². The van der Waals surface area contributed by atoms with E-state index in [2.05, 4.69) is 0 Å². The summed E-state index contributed by atoms with van der Waals surface area (Å²) in [4.78, 5) is 46.1. The van der Waals surface area contributed by atoms with E-state index in [1.165, 1.54) is 6.08 Å². The lowest BCUT2D eigenvalue weighted by atomic mass is 10.0. The van der Waals surface area contributed by atoms with E-state index in [0.29, 0.717) is 51.4 Å². The number of rotatable bonds is 0. The minimum absolute atomic E-state index is 0.0303. The van der Waals surface area contributed by atoms with Gasteiger partial charge in [0, 0.05) is 44.9 Å². The normalized spacial score (nSPS) is 21.2. The Labute approximate surface area is 119 Å². The van der Waals surface area contributed by atoms with E-state index in [1.807, 2.05) is 0 Å². The van der Waals surface area contributed by atoms with Crippen molar-refractivity contribution in [3.05, 3.63) is 12.2 Å². The van der Waals surface area contributed by atoms with Gasteiger partial charge in [0.1, 0.15) is 17.3 Å². The highest BCUT2D eigenvalue weighted by Gasteiger charge is 2.10. The maximum absolute atomic E-state index is 11.6. The van der Waals surface area contributed by atoms with Crippen molar-refractivity contribution in [3.63, 3.8) is 0 Å². The van der Waals surface area contributed by atoms with Crippen molar-refractivity contribution in [2.45, 2.75) is 64.2 Å². The van der Waals surface area contributed by atoms with Gasteiger partial charge in [-0.1, -0.05) is 6.08 Å². The summed E-state index contributed by atoms with van der Waals surface area (Å²) in [6.07, 6.45) is 7.43. The largest absolute Gasteiger partial charge is 0.300 e. The maximum atomic E-state index is 11.6. The second-order valence-corrected chi connectivity index (χ2v) is 5.23. The van der Waals surface area contributed by atoms with Crippen LogP contribution in [0.15, 0.2) is 12.2 Å². The van der Waals surface area contributed by atoms with Gasteiger partial charge >= 0.3 is 0 Å². The summed E-state index contributed by atoms with van der Waals surface area (Å²) in [5.41, 5.74) is 0. The van der Waals surface area contributed by atoms with Crippen molar-refractivity contribution in [2.75, 3.05) is 0 Å². The van der Waals surface area contributed by atoms with Gasteiger partial charge < -0.3 is 0 Å². The Morgan fingerprint density at radius 1 is 0.600 bits per heavy atom. The highest BCUT2D eigenvalue weighted by molar-refractivity contribution is 5.93. The molecule has 4 nitrogen and oxygen atoms in total. The zero-order valence-electron chi connectivity index (χ0n) is 11.9. The smallest absolute Gasteiger partial charge is 0.155 e. The van der Waals surface area contributed by atoms with E-state index in [0.717, 1.165) is 0 Å². The van der Waals surface area contributed by atoms with Crippen LogP contribution in [0.5, 0.6) is 0 Å². The molecule has 0 aromatic heterocycles. The first-order valence-corrected chi connectivity index (χ1v) is 7.32. The Kier molecular flexibility index (Phi) is 7.70. The summed E-state index contributed by atoms with van der Waals surface area (Å²) in [5.74, 6) is 0.131. The van der Waals surface area contributed by atoms with E-state index in [-0.39, 0.29) is 36.0 Å². The fraction of sp³-hybridized carbons (Fsp3) is 0.625. The molecule has 4 heteroatoms. The molecule has 0 aromatic rings. The second-order valence-electron chi connectivity index (χ2n) is 5.23. The SMILES string of the molecule is O=C1C=CCCCC(=O)CCC(=O)CCCC(=O)CC1. The molecule has 0 radical (unpaired) electrons. The van der Waals surface area contributed by atoms with E-state index in [1.54, 1.807) is 6.08 Å². The lowest BCUT2D eigenvalue weighted by Crippen LogP contribution is -2.07. The number of Topliss-reactive ketones (excluding diaryl/α,β-unsaturated/α-hetero) is 3. The van der Waals surface area contributed by atoms with Gasteiger partial charge in [-0.2, -0.15) is 0 Å². The summed E-state index contributed by atoms with van der Waals surface area (Å²) >= 11 is 0. The van der Waals surface area contributed by atoms with Crippen molar-refractivity contribution >= 4 is 23.1 Å². The Balaban J connectivity index is 2.50. The van der Waals surface area contributed by atoms with Crippen LogP contribution in [-0.2, 0) is 19.2 Å². The average molecular weight is 278 g/mol. The summed E-state index contributed by atoms with van der Waals surface area (Å²) in [6, 6.07) is 0. The van der Waals surface area contributed by atoms with Crippen LogP contribution < -0.4 is 0 Å². The fourth-order valence-corrected chi connectivity index (χ4v) is 2.11. The van der Waals surface area contributed by atoms with Gasteiger partial charge in [-0.15, -0.1) is 0 Å². The topological polar surface area (TPSA) is 68.3 Å². The van der Waals surface area contributed by atoms with Gasteiger partial charge in [0.05, 0.1) is 0 Å². The van der Waals surface area contributed by atoms with Crippen LogP contribution in [0.4, 0.5) is 0 Å². The zero-order chi connectivity index (χ0) is 14.8. The molecule has 0 atom stereocenters. The molecule has 0 saturated carbocycles. The number of ketones is 4. The minimum atomic E-state index is -0.0483. The molecule has 110 valence electrons. The summed E-state index contributed by atoms with van der Waals surface area (Å²) < 4.78 is 0. The van der Waals surface area contributed by atoms with Crippen LogP contribution in [0.25, 0.3) is 0 Å². The van der Waals surface area contributed by atoms with Crippen LogP contribution in [0, 0.1) is 0 Å². The van der Waals surface area contributed by atoms with Gasteiger partial charge in [-0.25, -0.2) is 0 Å². The van der Waals surface area contributed by atoms with Crippen LogP contribution in [-0.4, -0.2) is 23.1 Å². The number of carbonyl (C=O) groups is 4. The van der Waals surface area contributed by atoms with Crippen molar-refractivity contribution in [1.29, 1.82) is 0 Å². The van der Waals surface area contributed by atoms with Crippen LogP contribution in [0.1, 0.15) is 64.2 Å². The third kappa shape index (κ3) is 7.77. The van der Waals surface area contributed by atoms with Crippen LogP contribution >= 0.6 is 0 Å². The van der Waals surface area contributed by atoms with Gasteiger partial charge in [0.25, 0.3) is 0 Å². The molecule has 0 unspecified atom stereocenters. The lowest BCUT2D eigenvalue weighted by Gasteiger charge is -2.02. The standard InChI is InChI=1S/C16H22O4/c17-13-5-2-1-3-6-14(18)10-12-16(20)8-4-7-15(19)11-9-13/h2,5H,1,3-4,6-12H2. The van der Waals surface area contributed by atoms with Gasteiger partial charge in [0.15, 0.2) is 5.78 Å². The monoisotopic (exact) mass is 278 g/mol. The molecule has 0 N–H and O–H groups in total. The first-order chi connectivity index (χ1) is 9.58. The molecule has 1 aliphatic rings. The molecule has 0 fully saturated rings. The van der Waals surface area contributed by atoms with Gasteiger partial charge in [-0.05, 0) is 25.3 Å². The first-order valence-electron chi connectivity index (χ1n) is 7.32. The second kappa shape index (κ2) is 9.34. The third-order valence-corrected chi connectivity index (χ3v) is 3.37. The van der Waals surface area contributed by atoms with Crippen LogP contribution in [0.2, 0.25) is 0 Å². The van der Waals surface area contributed by atoms with E-state index >= 15 is 0 Å². The Bertz CT molecular complexity index is 407. The molecule has 0 saturated heterocycles. The van der Waals surface area contributed by atoms with Crippen molar-refractivity contribution < 1.29 is 19.2 Å². The molecule has 0 aliphatic heterocycles. The minimum Gasteiger partial charge on any atom is -0.300 e. The molecule has 0 amide bonds. The number of hydrogen-bond acceptors (Lipinski definition) is 4. The third-order valence-electron chi connectivity index (χ3n) is 3.37. The number of hydrogen-bond donors (Lipinski definition) is 0. The quantitative estimate of drug-likeness (QED) is 0.683. The van der Waals surface area contributed by atoms with Crippen molar-refractivity contribution in [2.24, 2.45) is 0 Å². The highest BCUT2D eigenvalue weighted by atomic mass is 16.1. The zero-order valence-corrected chi connectivity index (χ0v) is 11.9. The number of carbonyl (C=O) groups excluding carboxylic acids is 4. The Morgan fingerprint density at radius 2 is 1.10 bits per heavy atom. The van der Waals surface area contributed by atoms with E-state index < -0.39 is 0 Å². The summed E-state index contributed by atoms with van der Waals surface area (Å²) in [6.45, 7) is 0. The Hall–Kier alpha value is -1.58. The highest BCUT2D eigenvalue weighted by Crippen LogP contribution is 2.09. The maximum Gasteiger partial charge on any atom is 0.155 e. The molecular weight excluding hydrogens is 256 g/mol. The predicted molar refractivity (Wildman–Crippen MR) is 75.3 cm³/mol. The molecule has 1 rings (SSSR count). The molecular formula is C16H22O4. The van der Waals surface area contributed by atoms with Crippen molar-refractivity contribution in [3.8, 4) is 0 Å². The molecule has 0 aromatic carbocycles. The molecule has 0 bridgehead atoms. The summed E-state index contributed by atoms with van der Waals surface area (Å²) in [7, 11) is 0. The Morgan fingerprint density at radius 3 is 1.70 bits per heavy atom. The predicted octanol–water partition coefficient (Wildman–Crippen LogP) is 2.73. The number of allylic oxidation sites excluding steroid dienone is 2.